The van der Waals surface area contributed by atoms with Gasteiger partial charge in [-0.3, -0.25) is 0 Å². The molecular weight excluding hydrogens is 460 g/mol. The number of aromatic nitrogens is 2. The molecule has 38 heavy (non-hydrogen) atoms. The molecule has 0 radical (unpaired) electrons. The Morgan fingerprint density at radius 1 is 0.553 bits per heavy atom. The van der Waals surface area contributed by atoms with Gasteiger partial charge in [0.25, 0.3) is 0 Å². The van der Waals surface area contributed by atoms with Crippen LogP contribution < -0.4 is 0 Å². The van der Waals surface area contributed by atoms with Crippen molar-refractivity contribution >= 4 is 54.1 Å². The van der Waals surface area contributed by atoms with Crippen LogP contribution in [0.25, 0.3) is 65.5 Å². The fourth-order valence-electron chi connectivity index (χ4n) is 6.50. The number of imidazole rings is 1. The van der Waals surface area contributed by atoms with Crippen molar-refractivity contribution in [2.75, 3.05) is 0 Å². The van der Waals surface area contributed by atoms with E-state index in [0.717, 1.165) is 11.3 Å². The van der Waals surface area contributed by atoms with E-state index in [9.17, 15) is 0 Å². The Hall–Kier alpha value is -4.17. The van der Waals surface area contributed by atoms with Gasteiger partial charge in [-0.15, -0.1) is 0 Å². The van der Waals surface area contributed by atoms with E-state index in [-0.39, 0.29) is 0 Å². The number of fused-ring (bicyclic) bond motifs is 10. The van der Waals surface area contributed by atoms with Crippen LogP contribution in [0.2, 0.25) is 0 Å². The molecule has 186 valence electrons. The molecule has 0 bridgehead atoms. The van der Waals surface area contributed by atoms with E-state index in [4.69, 9.17) is 4.98 Å². The maximum absolute atomic E-state index is 5.48. The number of hydrogen-bond donors (Lipinski definition) is 0. The van der Waals surface area contributed by atoms with E-state index in [1.807, 2.05) is 0 Å². The van der Waals surface area contributed by atoms with Crippen LogP contribution in [0, 0.1) is 0 Å². The third kappa shape index (κ3) is 3.16. The first-order chi connectivity index (χ1) is 18.5. The van der Waals surface area contributed by atoms with Crippen LogP contribution in [0.1, 0.15) is 50.7 Å². The molecule has 0 unspecified atom stereocenters. The molecule has 0 atom stereocenters. The zero-order valence-electron chi connectivity index (χ0n) is 22.7. The fraction of sp³-hybridized carbons (Fsp3) is 0.194. The summed E-state index contributed by atoms with van der Waals surface area (Å²) >= 11 is 0. The van der Waals surface area contributed by atoms with Gasteiger partial charge in [0.2, 0.25) is 0 Å². The van der Waals surface area contributed by atoms with Gasteiger partial charge in [-0.05, 0) is 55.3 Å². The van der Waals surface area contributed by atoms with Crippen molar-refractivity contribution in [3.05, 3.63) is 102 Å². The molecule has 0 aliphatic rings. The molecule has 2 heteroatoms. The summed E-state index contributed by atoms with van der Waals surface area (Å²) in [6, 6.07) is 33.4. The average molecular weight is 493 g/mol. The first-order valence-corrected chi connectivity index (χ1v) is 13.7. The molecule has 0 amide bonds. The molecule has 0 saturated heterocycles. The second-order valence-corrected chi connectivity index (χ2v) is 11.2. The topological polar surface area (TPSA) is 17.8 Å². The van der Waals surface area contributed by atoms with Crippen molar-refractivity contribution in [1.29, 1.82) is 0 Å². The zero-order chi connectivity index (χ0) is 26.1. The summed E-state index contributed by atoms with van der Waals surface area (Å²) in [6.45, 7) is 9.15. The van der Waals surface area contributed by atoms with E-state index in [1.54, 1.807) is 0 Å². The molecule has 1 heterocycles. The van der Waals surface area contributed by atoms with Crippen molar-refractivity contribution in [3.63, 3.8) is 0 Å². The van der Waals surface area contributed by atoms with Crippen molar-refractivity contribution < 1.29 is 0 Å². The lowest BCUT2D eigenvalue weighted by molar-refractivity contribution is 0.828. The Kier molecular flexibility index (Phi) is 5.10. The van der Waals surface area contributed by atoms with Crippen LogP contribution in [0.4, 0.5) is 0 Å². The largest absolute Gasteiger partial charge is 0.327 e. The highest BCUT2D eigenvalue weighted by Crippen LogP contribution is 2.43. The Morgan fingerprint density at radius 3 is 1.79 bits per heavy atom. The van der Waals surface area contributed by atoms with Crippen LogP contribution in [-0.2, 0) is 7.05 Å². The van der Waals surface area contributed by atoms with Crippen LogP contribution in [-0.4, -0.2) is 9.55 Å². The molecule has 2 nitrogen and oxygen atoms in total. The van der Waals surface area contributed by atoms with Crippen LogP contribution in [0.3, 0.4) is 0 Å². The van der Waals surface area contributed by atoms with Gasteiger partial charge in [-0.25, -0.2) is 4.98 Å². The Bertz CT molecular complexity index is 2010. The van der Waals surface area contributed by atoms with Gasteiger partial charge in [0.05, 0.1) is 11.0 Å². The van der Waals surface area contributed by atoms with Crippen molar-refractivity contribution in [3.8, 4) is 11.4 Å². The van der Waals surface area contributed by atoms with E-state index in [0.29, 0.717) is 11.8 Å². The average Bonchev–Trinajstić information content (AvgIpc) is 3.28. The van der Waals surface area contributed by atoms with Crippen molar-refractivity contribution in [2.45, 2.75) is 39.5 Å². The maximum atomic E-state index is 5.48. The van der Waals surface area contributed by atoms with Gasteiger partial charge in [0.15, 0.2) is 0 Å². The monoisotopic (exact) mass is 492 g/mol. The summed E-state index contributed by atoms with van der Waals surface area (Å²) in [7, 11) is 2.21. The smallest absolute Gasteiger partial charge is 0.141 e. The molecule has 0 fully saturated rings. The van der Waals surface area contributed by atoms with Crippen LogP contribution in [0.15, 0.2) is 91.0 Å². The molecule has 0 aliphatic carbocycles. The lowest BCUT2D eigenvalue weighted by atomic mass is 9.88. The second kappa shape index (κ2) is 8.43. The van der Waals surface area contributed by atoms with Gasteiger partial charge in [-0.1, -0.05) is 119 Å². The maximum Gasteiger partial charge on any atom is 0.141 e. The lowest BCUT2D eigenvalue weighted by Gasteiger charge is -2.19. The van der Waals surface area contributed by atoms with Crippen molar-refractivity contribution in [1.82, 2.24) is 9.55 Å². The highest BCUT2D eigenvalue weighted by atomic mass is 15.1. The molecule has 7 rings (SSSR count). The molecular formula is C36H32N2. The number of aryl methyl sites for hydroxylation is 1. The third-order valence-corrected chi connectivity index (χ3v) is 8.33. The third-order valence-electron chi connectivity index (χ3n) is 8.33. The SMILES string of the molecule is CC(C)c1cccc(C(C)C)c1-c1nc2c3ccccc3c3ccc4c5ccccc5ccc4c3c2n1C. The van der Waals surface area contributed by atoms with Gasteiger partial charge in [0.1, 0.15) is 5.82 Å². The van der Waals surface area contributed by atoms with Gasteiger partial charge in [0, 0.05) is 23.4 Å². The Morgan fingerprint density at radius 2 is 1.11 bits per heavy atom. The standard InChI is InChI=1S/C36H32N2/c1-21(2)24-15-10-16-25(22(3)4)33(24)36-37-34-31-14-9-8-13-27(31)30-20-19-28-26-12-7-6-11-23(26)17-18-29(28)32(30)35(34)38(36)5/h6-22H,1-5H3. The number of hydrogen-bond acceptors (Lipinski definition) is 1. The summed E-state index contributed by atoms with van der Waals surface area (Å²) < 4.78 is 2.37. The first kappa shape index (κ1) is 23.0. The highest BCUT2D eigenvalue weighted by molar-refractivity contribution is 6.32. The van der Waals surface area contributed by atoms with Gasteiger partial charge >= 0.3 is 0 Å². The van der Waals surface area contributed by atoms with Crippen LogP contribution >= 0.6 is 0 Å². The molecule has 6 aromatic carbocycles. The molecule has 7 aromatic rings. The molecule has 0 saturated carbocycles. The van der Waals surface area contributed by atoms with E-state index in [1.165, 1.54) is 65.3 Å². The number of nitrogens with zero attached hydrogens (tertiary/aromatic N) is 2. The molecule has 0 N–H and O–H groups in total. The quantitative estimate of drug-likeness (QED) is 0.224. The summed E-state index contributed by atoms with van der Waals surface area (Å²) in [5.41, 5.74) is 6.31. The van der Waals surface area contributed by atoms with Gasteiger partial charge in [-0.2, -0.15) is 0 Å². The van der Waals surface area contributed by atoms with E-state index < -0.39 is 0 Å². The van der Waals surface area contributed by atoms with Crippen molar-refractivity contribution in [2.24, 2.45) is 7.05 Å². The minimum Gasteiger partial charge on any atom is -0.327 e. The second-order valence-electron chi connectivity index (χ2n) is 11.2. The van der Waals surface area contributed by atoms with E-state index >= 15 is 0 Å². The fourth-order valence-corrected chi connectivity index (χ4v) is 6.50. The number of rotatable bonds is 3. The molecule has 0 spiro atoms. The molecule has 0 aliphatic heterocycles. The predicted octanol–water partition coefficient (Wildman–Crippen LogP) is 10.1. The van der Waals surface area contributed by atoms with Gasteiger partial charge < -0.3 is 4.57 Å². The normalized spacial score (nSPS) is 12.3. The zero-order valence-corrected chi connectivity index (χ0v) is 22.7. The summed E-state index contributed by atoms with van der Waals surface area (Å²) in [5, 5.41) is 10.2. The summed E-state index contributed by atoms with van der Waals surface area (Å²) in [5.74, 6) is 1.87. The Labute approximate surface area is 223 Å². The minimum atomic E-state index is 0.407. The molecule has 1 aromatic heterocycles. The predicted molar refractivity (Wildman–Crippen MR) is 164 cm³/mol. The minimum absolute atomic E-state index is 0.407. The number of benzene rings is 6. The highest BCUT2D eigenvalue weighted by Gasteiger charge is 2.23. The summed E-state index contributed by atoms with van der Waals surface area (Å²) in [4.78, 5) is 5.48. The van der Waals surface area contributed by atoms with E-state index in [2.05, 4.69) is 130 Å². The Balaban J connectivity index is 1.72. The lowest BCUT2D eigenvalue weighted by Crippen LogP contribution is -2.04. The summed E-state index contributed by atoms with van der Waals surface area (Å²) in [6.07, 6.45) is 0. The first-order valence-electron chi connectivity index (χ1n) is 13.7. The van der Waals surface area contributed by atoms with Crippen LogP contribution in [0.5, 0.6) is 0 Å².